The molecule has 2 aromatic carbocycles. The molecule has 0 atom stereocenters. The van der Waals surface area contributed by atoms with Crippen LogP contribution in [0.3, 0.4) is 0 Å². The van der Waals surface area contributed by atoms with Crippen molar-refractivity contribution in [1.82, 2.24) is 0 Å². The van der Waals surface area contributed by atoms with Gasteiger partial charge in [0.05, 0.1) is 15.6 Å². The second-order valence-corrected chi connectivity index (χ2v) is 4.51. The number of amides is 1. The predicted molar refractivity (Wildman–Crippen MR) is 72.5 cm³/mol. The number of phenolic OH excluding ortho intramolecular Hbond substituents is 1. The highest BCUT2D eigenvalue weighted by molar-refractivity contribution is 6.34. The van der Waals surface area contributed by atoms with Gasteiger partial charge in [0, 0.05) is 11.8 Å². The van der Waals surface area contributed by atoms with Crippen LogP contribution in [-0.4, -0.2) is 11.0 Å². The van der Waals surface area contributed by atoms with Crippen molar-refractivity contribution in [3.63, 3.8) is 0 Å². The molecule has 0 aliphatic rings. The molecular formula is C13H8Cl2FNO2. The summed E-state index contributed by atoms with van der Waals surface area (Å²) in [6.45, 7) is 0. The van der Waals surface area contributed by atoms with Crippen molar-refractivity contribution >= 4 is 34.8 Å². The molecule has 2 rings (SSSR count). The number of carbonyl (C=O) groups is 1. The minimum Gasteiger partial charge on any atom is -0.506 e. The second kappa shape index (κ2) is 5.47. The summed E-state index contributed by atoms with van der Waals surface area (Å²) in [6, 6.07) is 8.17. The second-order valence-electron chi connectivity index (χ2n) is 3.72. The molecule has 0 radical (unpaired) electrons. The lowest BCUT2D eigenvalue weighted by molar-refractivity contribution is 0.102. The molecule has 0 aromatic heterocycles. The van der Waals surface area contributed by atoms with Gasteiger partial charge in [0.15, 0.2) is 0 Å². The van der Waals surface area contributed by atoms with E-state index in [1.807, 2.05) is 0 Å². The van der Waals surface area contributed by atoms with Gasteiger partial charge in [-0.3, -0.25) is 4.79 Å². The van der Waals surface area contributed by atoms with Crippen molar-refractivity contribution in [1.29, 1.82) is 0 Å². The molecule has 0 heterocycles. The van der Waals surface area contributed by atoms with E-state index in [0.29, 0.717) is 5.69 Å². The third kappa shape index (κ3) is 2.97. The van der Waals surface area contributed by atoms with Gasteiger partial charge in [-0.15, -0.1) is 0 Å². The van der Waals surface area contributed by atoms with E-state index in [2.05, 4.69) is 5.32 Å². The zero-order valence-corrected chi connectivity index (χ0v) is 11.0. The molecule has 6 heteroatoms. The zero-order valence-electron chi connectivity index (χ0n) is 9.45. The van der Waals surface area contributed by atoms with Crippen LogP contribution in [0.5, 0.6) is 5.75 Å². The molecule has 0 saturated carbocycles. The maximum atomic E-state index is 13.2. The fourth-order valence-corrected chi connectivity index (χ4v) is 1.80. The van der Waals surface area contributed by atoms with Crippen LogP contribution in [0.4, 0.5) is 10.1 Å². The number of carbonyl (C=O) groups excluding carboxylic acids is 1. The number of hydrogen-bond donors (Lipinski definition) is 2. The van der Waals surface area contributed by atoms with Gasteiger partial charge in [-0.05, 0) is 24.3 Å². The number of benzene rings is 2. The molecule has 0 aliphatic carbocycles. The predicted octanol–water partition coefficient (Wildman–Crippen LogP) is 4.09. The highest BCUT2D eigenvalue weighted by atomic mass is 35.5. The summed E-state index contributed by atoms with van der Waals surface area (Å²) < 4.78 is 13.2. The van der Waals surface area contributed by atoms with E-state index in [0.717, 1.165) is 6.07 Å². The van der Waals surface area contributed by atoms with Crippen LogP contribution in [0.1, 0.15) is 10.4 Å². The first-order chi connectivity index (χ1) is 8.99. The summed E-state index contributed by atoms with van der Waals surface area (Å²) in [6.07, 6.45) is 0. The Balaban J connectivity index is 2.26. The van der Waals surface area contributed by atoms with Gasteiger partial charge < -0.3 is 10.4 Å². The van der Waals surface area contributed by atoms with Gasteiger partial charge in [-0.1, -0.05) is 29.3 Å². The first-order valence-electron chi connectivity index (χ1n) is 5.23. The fraction of sp³-hybridized carbons (Fsp3) is 0. The van der Waals surface area contributed by atoms with Crippen LogP contribution in [0, 0.1) is 5.82 Å². The van der Waals surface area contributed by atoms with Crippen LogP contribution in [0.15, 0.2) is 36.4 Å². The largest absolute Gasteiger partial charge is 0.506 e. The monoisotopic (exact) mass is 299 g/mol. The quantitative estimate of drug-likeness (QED) is 0.877. The lowest BCUT2D eigenvalue weighted by Gasteiger charge is -2.08. The molecule has 2 N–H and O–H groups in total. The topological polar surface area (TPSA) is 49.3 Å². The zero-order chi connectivity index (χ0) is 14.0. The molecule has 98 valence electrons. The smallest absolute Gasteiger partial charge is 0.257 e. The Labute approximate surface area is 118 Å². The van der Waals surface area contributed by atoms with Gasteiger partial charge in [-0.25, -0.2) is 4.39 Å². The molecule has 0 aliphatic heterocycles. The van der Waals surface area contributed by atoms with Crippen molar-refractivity contribution in [3.8, 4) is 5.75 Å². The molecule has 0 bridgehead atoms. The van der Waals surface area contributed by atoms with Gasteiger partial charge in [-0.2, -0.15) is 0 Å². The Bertz CT molecular complexity index is 647. The summed E-state index contributed by atoms with van der Waals surface area (Å²) >= 11 is 11.4. The van der Waals surface area contributed by atoms with Crippen LogP contribution < -0.4 is 5.32 Å². The lowest BCUT2D eigenvalue weighted by atomic mass is 10.2. The molecule has 2 aromatic rings. The first-order valence-corrected chi connectivity index (χ1v) is 5.98. The number of anilines is 1. The Hall–Kier alpha value is -1.78. The van der Waals surface area contributed by atoms with Gasteiger partial charge in [0.2, 0.25) is 0 Å². The highest BCUT2D eigenvalue weighted by Crippen LogP contribution is 2.27. The van der Waals surface area contributed by atoms with Crippen LogP contribution >= 0.6 is 23.2 Å². The summed E-state index contributed by atoms with van der Waals surface area (Å²) in [4.78, 5) is 11.9. The van der Waals surface area contributed by atoms with Gasteiger partial charge in [0.1, 0.15) is 11.6 Å². The summed E-state index contributed by atoms with van der Waals surface area (Å²) in [5.74, 6) is -1.41. The molecule has 0 spiro atoms. The molecule has 19 heavy (non-hydrogen) atoms. The average Bonchev–Trinajstić information content (AvgIpc) is 2.37. The first kappa shape index (κ1) is 13.6. The molecule has 0 saturated heterocycles. The Morgan fingerprint density at radius 1 is 1.21 bits per heavy atom. The van der Waals surface area contributed by atoms with E-state index in [9.17, 15) is 14.3 Å². The minimum absolute atomic E-state index is 0.0103. The van der Waals surface area contributed by atoms with Crippen molar-refractivity contribution < 1.29 is 14.3 Å². The summed E-state index contributed by atoms with van der Waals surface area (Å²) in [5.41, 5.74) is 0.336. The molecule has 3 nitrogen and oxygen atoms in total. The molecule has 1 amide bonds. The highest BCUT2D eigenvalue weighted by Gasteiger charge is 2.14. The van der Waals surface area contributed by atoms with E-state index >= 15 is 0 Å². The van der Waals surface area contributed by atoms with E-state index in [-0.39, 0.29) is 21.4 Å². The standard InChI is InChI=1S/C13H8Cl2FNO2/c14-9-5-4-7(6-11(9)18)17-13(19)8-2-1-3-10(16)12(8)15/h1-6,18H,(H,17,19). The molecule has 0 fully saturated rings. The lowest BCUT2D eigenvalue weighted by Crippen LogP contribution is -2.12. The van der Waals surface area contributed by atoms with E-state index in [1.54, 1.807) is 0 Å². The Kier molecular flexibility index (Phi) is 3.93. The maximum Gasteiger partial charge on any atom is 0.257 e. The van der Waals surface area contributed by atoms with Crippen LogP contribution in [-0.2, 0) is 0 Å². The average molecular weight is 300 g/mol. The van der Waals surface area contributed by atoms with Crippen LogP contribution in [0.2, 0.25) is 10.0 Å². The van der Waals surface area contributed by atoms with E-state index in [1.165, 1.54) is 30.3 Å². The number of rotatable bonds is 2. The van der Waals surface area contributed by atoms with Crippen molar-refractivity contribution in [2.75, 3.05) is 5.32 Å². The van der Waals surface area contributed by atoms with Crippen molar-refractivity contribution in [3.05, 3.63) is 57.8 Å². The summed E-state index contributed by atoms with van der Waals surface area (Å²) in [7, 11) is 0. The van der Waals surface area contributed by atoms with Crippen LogP contribution in [0.25, 0.3) is 0 Å². The maximum absolute atomic E-state index is 13.2. The Morgan fingerprint density at radius 2 is 1.95 bits per heavy atom. The van der Waals surface area contributed by atoms with Crippen molar-refractivity contribution in [2.45, 2.75) is 0 Å². The fourth-order valence-electron chi connectivity index (χ4n) is 1.47. The third-order valence-corrected chi connectivity index (χ3v) is 3.10. The third-order valence-electron chi connectivity index (χ3n) is 2.40. The Morgan fingerprint density at radius 3 is 2.63 bits per heavy atom. The number of phenols is 1. The molecular weight excluding hydrogens is 292 g/mol. The number of hydrogen-bond acceptors (Lipinski definition) is 2. The minimum atomic E-state index is -0.673. The number of halogens is 3. The van der Waals surface area contributed by atoms with E-state index < -0.39 is 11.7 Å². The number of aromatic hydroxyl groups is 1. The summed E-state index contributed by atoms with van der Waals surface area (Å²) in [5, 5.41) is 11.8. The molecule has 0 unspecified atom stereocenters. The van der Waals surface area contributed by atoms with Crippen molar-refractivity contribution in [2.24, 2.45) is 0 Å². The number of nitrogens with one attached hydrogen (secondary N) is 1. The SMILES string of the molecule is O=C(Nc1ccc(Cl)c(O)c1)c1cccc(F)c1Cl. The van der Waals surface area contributed by atoms with E-state index in [4.69, 9.17) is 23.2 Å². The van der Waals surface area contributed by atoms with Gasteiger partial charge in [0.25, 0.3) is 5.91 Å². The normalized spacial score (nSPS) is 10.3. The van der Waals surface area contributed by atoms with Gasteiger partial charge >= 0.3 is 0 Å².